The van der Waals surface area contributed by atoms with Crippen LogP contribution in [0.15, 0.2) is 38.3 Å². The minimum absolute atomic E-state index is 0.257. The predicted octanol–water partition coefficient (Wildman–Crippen LogP) is 0.726. The van der Waals surface area contributed by atoms with Gasteiger partial charge in [0.2, 0.25) is 0 Å². The number of benzene rings is 1. The number of nitrogens with one attached hydrogen (secondary N) is 1. The molecule has 0 spiro atoms. The van der Waals surface area contributed by atoms with Gasteiger partial charge in [-0.15, -0.1) is 0 Å². The Bertz CT molecular complexity index is 970. The summed E-state index contributed by atoms with van der Waals surface area (Å²) in [5.74, 6) is 0.335. The fourth-order valence-electron chi connectivity index (χ4n) is 2.39. The highest BCUT2D eigenvalue weighted by molar-refractivity contribution is 9.10. The van der Waals surface area contributed by atoms with Crippen LogP contribution in [0.25, 0.3) is 11.2 Å². The van der Waals surface area contributed by atoms with Gasteiger partial charge in [-0.25, -0.2) is 9.78 Å². The highest BCUT2D eigenvalue weighted by Crippen LogP contribution is 2.17. The molecule has 2 aromatic heterocycles. The highest BCUT2D eigenvalue weighted by Gasteiger charge is 2.16. The third-order valence-electron chi connectivity index (χ3n) is 3.46. The van der Waals surface area contributed by atoms with E-state index in [1.807, 2.05) is 24.3 Å². The van der Waals surface area contributed by atoms with Gasteiger partial charge >= 0.3 is 5.69 Å². The Kier molecular flexibility index (Phi) is 3.71. The summed E-state index contributed by atoms with van der Waals surface area (Å²) in [6.07, 6.45) is 0. The van der Waals surface area contributed by atoms with Crippen LogP contribution in [0.1, 0.15) is 11.4 Å². The molecular formula is C14H13BrN4O3. The molecule has 0 aliphatic heterocycles. The Balaban J connectivity index is 2.26. The lowest BCUT2D eigenvalue weighted by Gasteiger charge is -2.08. The molecule has 0 saturated carbocycles. The summed E-state index contributed by atoms with van der Waals surface area (Å²) in [5, 5.41) is 9.51. The monoisotopic (exact) mass is 364 g/mol. The maximum atomic E-state index is 12.1. The zero-order valence-electron chi connectivity index (χ0n) is 11.7. The Hall–Kier alpha value is -2.19. The van der Waals surface area contributed by atoms with Crippen molar-refractivity contribution < 1.29 is 5.11 Å². The molecule has 2 N–H and O–H groups in total. The van der Waals surface area contributed by atoms with Crippen molar-refractivity contribution in [2.75, 3.05) is 0 Å². The Morgan fingerprint density at radius 3 is 2.82 bits per heavy atom. The van der Waals surface area contributed by atoms with Gasteiger partial charge in [0.25, 0.3) is 5.56 Å². The first-order valence-corrected chi connectivity index (χ1v) is 7.34. The van der Waals surface area contributed by atoms with E-state index in [2.05, 4.69) is 25.9 Å². The second-order valence-corrected chi connectivity index (χ2v) is 5.81. The average Bonchev–Trinajstić information content (AvgIpc) is 2.84. The molecule has 0 radical (unpaired) electrons. The maximum Gasteiger partial charge on any atom is 0.329 e. The third-order valence-corrected chi connectivity index (χ3v) is 3.95. The zero-order chi connectivity index (χ0) is 15.9. The number of H-pyrrole nitrogens is 1. The number of aliphatic hydroxyl groups excluding tert-OH is 1. The number of imidazole rings is 1. The molecule has 3 aromatic rings. The van der Waals surface area contributed by atoms with Gasteiger partial charge in [0, 0.05) is 18.1 Å². The van der Waals surface area contributed by atoms with Crippen LogP contribution in [0.5, 0.6) is 0 Å². The highest BCUT2D eigenvalue weighted by atomic mass is 79.9. The molecule has 0 aliphatic carbocycles. The molecule has 0 bridgehead atoms. The lowest BCUT2D eigenvalue weighted by atomic mass is 10.2. The molecule has 0 fully saturated rings. The number of aromatic amines is 1. The average molecular weight is 365 g/mol. The molecule has 3 rings (SSSR count). The smallest absolute Gasteiger partial charge is 0.329 e. The third kappa shape index (κ3) is 2.40. The number of aryl methyl sites for hydroxylation is 1. The van der Waals surface area contributed by atoms with E-state index in [9.17, 15) is 14.7 Å². The second-order valence-electron chi connectivity index (χ2n) is 4.89. The fourth-order valence-corrected chi connectivity index (χ4v) is 2.84. The molecule has 7 nitrogen and oxygen atoms in total. The van der Waals surface area contributed by atoms with Crippen molar-refractivity contribution in [2.24, 2.45) is 7.05 Å². The molecule has 114 valence electrons. The molecular weight excluding hydrogens is 352 g/mol. The summed E-state index contributed by atoms with van der Waals surface area (Å²) in [6, 6.07) is 7.62. The first kappa shape index (κ1) is 14.7. The maximum absolute atomic E-state index is 12.1. The van der Waals surface area contributed by atoms with Crippen molar-refractivity contribution in [3.63, 3.8) is 0 Å². The van der Waals surface area contributed by atoms with E-state index in [4.69, 9.17) is 0 Å². The van der Waals surface area contributed by atoms with Crippen LogP contribution in [-0.4, -0.2) is 24.2 Å². The minimum Gasteiger partial charge on any atom is -0.388 e. The molecule has 0 aliphatic rings. The van der Waals surface area contributed by atoms with Crippen molar-refractivity contribution in [1.82, 2.24) is 19.1 Å². The van der Waals surface area contributed by atoms with Gasteiger partial charge < -0.3 is 9.67 Å². The number of rotatable bonds is 3. The van der Waals surface area contributed by atoms with E-state index in [-0.39, 0.29) is 17.8 Å². The summed E-state index contributed by atoms with van der Waals surface area (Å²) in [5.41, 5.74) is 0.421. The number of aliphatic hydroxyl groups is 1. The van der Waals surface area contributed by atoms with Crippen molar-refractivity contribution in [2.45, 2.75) is 13.2 Å². The molecule has 8 heteroatoms. The van der Waals surface area contributed by atoms with E-state index in [1.165, 1.54) is 11.6 Å². The zero-order valence-corrected chi connectivity index (χ0v) is 13.3. The fraction of sp³-hybridized carbons (Fsp3) is 0.214. The van der Waals surface area contributed by atoms with Crippen LogP contribution >= 0.6 is 15.9 Å². The minimum atomic E-state index is -0.533. The van der Waals surface area contributed by atoms with Crippen LogP contribution in [0.2, 0.25) is 0 Å². The number of hydrogen-bond acceptors (Lipinski definition) is 4. The molecule has 2 heterocycles. The second kappa shape index (κ2) is 5.54. The summed E-state index contributed by atoms with van der Waals surface area (Å²) < 4.78 is 3.80. The number of fused-ring (bicyclic) bond motifs is 1. The van der Waals surface area contributed by atoms with E-state index in [0.29, 0.717) is 12.4 Å². The van der Waals surface area contributed by atoms with Crippen molar-refractivity contribution in [1.29, 1.82) is 0 Å². The van der Waals surface area contributed by atoms with Crippen molar-refractivity contribution >= 4 is 27.1 Å². The number of nitrogens with zero attached hydrogens (tertiary/aromatic N) is 3. The molecule has 0 amide bonds. The Morgan fingerprint density at radius 2 is 2.14 bits per heavy atom. The molecule has 0 saturated heterocycles. The van der Waals surface area contributed by atoms with Crippen molar-refractivity contribution in [3.05, 3.63) is 61.0 Å². The Morgan fingerprint density at radius 1 is 1.36 bits per heavy atom. The van der Waals surface area contributed by atoms with Gasteiger partial charge in [-0.3, -0.25) is 14.3 Å². The van der Waals surface area contributed by atoms with E-state index < -0.39 is 11.2 Å². The Labute approximate surface area is 133 Å². The van der Waals surface area contributed by atoms with Crippen LogP contribution in [-0.2, 0) is 20.2 Å². The molecule has 0 atom stereocenters. The first-order chi connectivity index (χ1) is 10.5. The standard InChI is InChI=1S/C14H13BrN4O3/c1-18-12-11(13(21)17-14(18)22)19(10(7-20)16-12)6-8-3-2-4-9(15)5-8/h2-5,20H,6-7H2,1H3,(H,17,21,22). The number of hydrogen-bond donors (Lipinski definition) is 2. The van der Waals surface area contributed by atoms with Crippen LogP contribution in [0.3, 0.4) is 0 Å². The quantitative estimate of drug-likeness (QED) is 0.716. The van der Waals surface area contributed by atoms with Gasteiger partial charge in [-0.05, 0) is 17.7 Å². The number of aromatic nitrogens is 4. The van der Waals surface area contributed by atoms with E-state index in [1.54, 1.807) is 4.57 Å². The van der Waals surface area contributed by atoms with E-state index in [0.717, 1.165) is 10.0 Å². The lowest BCUT2D eigenvalue weighted by Crippen LogP contribution is -2.29. The topological polar surface area (TPSA) is 92.9 Å². The van der Waals surface area contributed by atoms with Crippen LogP contribution in [0, 0.1) is 0 Å². The number of halogens is 1. The predicted molar refractivity (Wildman–Crippen MR) is 84.8 cm³/mol. The SMILES string of the molecule is Cn1c(=O)[nH]c(=O)c2c1nc(CO)n2Cc1cccc(Br)c1. The first-order valence-electron chi connectivity index (χ1n) is 6.55. The van der Waals surface area contributed by atoms with Crippen LogP contribution in [0.4, 0.5) is 0 Å². The largest absolute Gasteiger partial charge is 0.388 e. The van der Waals surface area contributed by atoms with Crippen molar-refractivity contribution in [3.8, 4) is 0 Å². The molecule has 1 aromatic carbocycles. The molecule has 22 heavy (non-hydrogen) atoms. The van der Waals surface area contributed by atoms with Gasteiger partial charge in [-0.2, -0.15) is 0 Å². The molecule has 0 unspecified atom stereocenters. The lowest BCUT2D eigenvalue weighted by molar-refractivity contribution is 0.267. The van der Waals surface area contributed by atoms with Gasteiger partial charge in [0.15, 0.2) is 11.2 Å². The van der Waals surface area contributed by atoms with Gasteiger partial charge in [0.05, 0.1) is 0 Å². The summed E-state index contributed by atoms with van der Waals surface area (Å²) in [4.78, 5) is 30.3. The summed E-state index contributed by atoms with van der Waals surface area (Å²) >= 11 is 3.40. The summed E-state index contributed by atoms with van der Waals surface area (Å²) in [6.45, 7) is 0.0451. The summed E-state index contributed by atoms with van der Waals surface area (Å²) in [7, 11) is 1.53. The normalized spacial score (nSPS) is 11.2. The van der Waals surface area contributed by atoms with Crippen LogP contribution < -0.4 is 11.2 Å². The van der Waals surface area contributed by atoms with E-state index >= 15 is 0 Å². The van der Waals surface area contributed by atoms with Gasteiger partial charge in [-0.1, -0.05) is 28.1 Å². The van der Waals surface area contributed by atoms with Gasteiger partial charge in [0.1, 0.15) is 12.4 Å².